The highest BCUT2D eigenvalue weighted by molar-refractivity contribution is 14.0. The van der Waals surface area contributed by atoms with Gasteiger partial charge in [-0.3, -0.25) is 9.89 Å². The SMILES string of the molecule is CN=C(NCc1noc(C)n1)NCC(c1ccco1)N1CCCCC1.I. The number of halogens is 1. The summed E-state index contributed by atoms with van der Waals surface area (Å²) < 4.78 is 10.6. The molecule has 9 heteroatoms. The summed E-state index contributed by atoms with van der Waals surface area (Å²) in [6.45, 7) is 5.16. The van der Waals surface area contributed by atoms with Crippen LogP contribution in [0.5, 0.6) is 0 Å². The third-order valence-electron chi connectivity index (χ3n) is 4.37. The summed E-state index contributed by atoms with van der Waals surface area (Å²) in [4.78, 5) is 10.9. The van der Waals surface area contributed by atoms with Crippen molar-refractivity contribution >= 4 is 29.9 Å². The molecule has 2 aromatic rings. The second kappa shape index (κ2) is 10.5. The molecule has 26 heavy (non-hydrogen) atoms. The quantitative estimate of drug-likeness (QED) is 0.378. The van der Waals surface area contributed by atoms with Crippen LogP contribution >= 0.6 is 24.0 Å². The Bertz CT molecular complexity index is 667. The number of aryl methyl sites for hydroxylation is 1. The molecule has 1 aliphatic rings. The van der Waals surface area contributed by atoms with Crippen LogP contribution < -0.4 is 10.6 Å². The van der Waals surface area contributed by atoms with E-state index in [1.54, 1.807) is 20.2 Å². The minimum atomic E-state index is 0. The molecule has 1 fully saturated rings. The molecule has 3 heterocycles. The molecule has 8 nitrogen and oxygen atoms in total. The van der Waals surface area contributed by atoms with Crippen molar-refractivity contribution in [1.82, 2.24) is 25.7 Å². The number of nitrogens with one attached hydrogen (secondary N) is 2. The van der Waals surface area contributed by atoms with Crippen LogP contribution in [0.4, 0.5) is 0 Å². The Kier molecular flexibility index (Phi) is 8.36. The van der Waals surface area contributed by atoms with Gasteiger partial charge in [0.25, 0.3) is 0 Å². The first-order valence-electron chi connectivity index (χ1n) is 8.77. The van der Waals surface area contributed by atoms with Crippen LogP contribution in [-0.4, -0.2) is 47.7 Å². The van der Waals surface area contributed by atoms with Gasteiger partial charge < -0.3 is 19.6 Å². The van der Waals surface area contributed by atoms with Crippen molar-refractivity contribution in [2.75, 3.05) is 26.7 Å². The van der Waals surface area contributed by atoms with Crippen molar-refractivity contribution in [2.24, 2.45) is 4.99 Å². The molecule has 0 aromatic carbocycles. The van der Waals surface area contributed by atoms with E-state index in [1.165, 1.54) is 19.3 Å². The molecule has 0 amide bonds. The van der Waals surface area contributed by atoms with E-state index >= 15 is 0 Å². The zero-order valence-electron chi connectivity index (χ0n) is 15.3. The van der Waals surface area contributed by atoms with Gasteiger partial charge >= 0.3 is 0 Å². The number of guanidine groups is 1. The van der Waals surface area contributed by atoms with Gasteiger partial charge in [0.15, 0.2) is 11.8 Å². The number of nitrogens with zero attached hydrogens (tertiary/aromatic N) is 4. The minimum absolute atomic E-state index is 0. The first kappa shape index (κ1) is 20.7. The van der Waals surface area contributed by atoms with Gasteiger partial charge in [0.05, 0.1) is 18.8 Å². The zero-order valence-corrected chi connectivity index (χ0v) is 17.6. The molecule has 1 unspecified atom stereocenters. The molecule has 2 N–H and O–H groups in total. The molecule has 0 spiro atoms. The van der Waals surface area contributed by atoms with Crippen LogP contribution in [0.1, 0.15) is 42.8 Å². The predicted octanol–water partition coefficient (Wildman–Crippen LogP) is 2.48. The standard InChI is InChI=1S/C17H26N6O2.HI/c1-13-21-16(22-25-13)12-20-17(18-2)19-11-14(15-7-6-10-24-15)23-8-4-3-5-9-23;/h6-7,10,14H,3-5,8-9,11-12H2,1-2H3,(H2,18,19,20);1H. The molecular weight excluding hydrogens is 447 g/mol. The van der Waals surface area contributed by atoms with Crippen LogP contribution in [-0.2, 0) is 6.54 Å². The highest BCUT2D eigenvalue weighted by Gasteiger charge is 2.24. The molecule has 1 saturated heterocycles. The zero-order chi connectivity index (χ0) is 17.5. The van der Waals surface area contributed by atoms with E-state index in [9.17, 15) is 0 Å². The second-order valence-electron chi connectivity index (χ2n) is 6.16. The third kappa shape index (κ3) is 5.70. The minimum Gasteiger partial charge on any atom is -0.468 e. The summed E-state index contributed by atoms with van der Waals surface area (Å²) >= 11 is 0. The third-order valence-corrected chi connectivity index (χ3v) is 4.37. The molecule has 0 radical (unpaired) electrons. The van der Waals surface area contributed by atoms with Crippen LogP contribution in [0, 0.1) is 6.92 Å². The maximum Gasteiger partial charge on any atom is 0.223 e. The van der Waals surface area contributed by atoms with E-state index in [-0.39, 0.29) is 30.0 Å². The van der Waals surface area contributed by atoms with Crippen molar-refractivity contribution in [3.63, 3.8) is 0 Å². The fourth-order valence-corrected chi connectivity index (χ4v) is 3.11. The van der Waals surface area contributed by atoms with Gasteiger partial charge in [0.1, 0.15) is 5.76 Å². The highest BCUT2D eigenvalue weighted by atomic mass is 127. The Morgan fingerprint density at radius 3 is 2.73 bits per heavy atom. The van der Waals surface area contributed by atoms with Crippen molar-refractivity contribution < 1.29 is 8.94 Å². The molecule has 0 aliphatic carbocycles. The van der Waals surface area contributed by atoms with Crippen LogP contribution in [0.15, 0.2) is 32.3 Å². The monoisotopic (exact) mass is 474 g/mol. The number of likely N-dealkylation sites (tertiary alicyclic amines) is 1. The molecule has 1 aliphatic heterocycles. The van der Waals surface area contributed by atoms with Gasteiger partial charge in [-0.25, -0.2) is 0 Å². The van der Waals surface area contributed by atoms with Gasteiger partial charge in [0.2, 0.25) is 5.89 Å². The number of hydrogen-bond donors (Lipinski definition) is 2. The lowest BCUT2D eigenvalue weighted by molar-refractivity contribution is 0.146. The smallest absolute Gasteiger partial charge is 0.223 e. The average Bonchev–Trinajstić information content (AvgIpc) is 3.31. The number of aliphatic imine (C=N–C) groups is 1. The fourth-order valence-electron chi connectivity index (χ4n) is 3.11. The van der Waals surface area contributed by atoms with Crippen molar-refractivity contribution in [2.45, 2.75) is 38.8 Å². The van der Waals surface area contributed by atoms with E-state index < -0.39 is 0 Å². The van der Waals surface area contributed by atoms with Gasteiger partial charge in [0, 0.05) is 20.5 Å². The molecular formula is C17H27IN6O2. The summed E-state index contributed by atoms with van der Waals surface area (Å²) in [5.74, 6) is 2.86. The number of hydrogen-bond acceptors (Lipinski definition) is 6. The Balaban J connectivity index is 0.00000243. The van der Waals surface area contributed by atoms with Gasteiger partial charge in [-0.2, -0.15) is 4.98 Å². The van der Waals surface area contributed by atoms with E-state index in [0.717, 1.165) is 25.4 Å². The first-order valence-corrected chi connectivity index (χ1v) is 8.77. The van der Waals surface area contributed by atoms with Crippen LogP contribution in [0.3, 0.4) is 0 Å². The van der Waals surface area contributed by atoms with Crippen molar-refractivity contribution in [3.05, 3.63) is 35.9 Å². The van der Waals surface area contributed by atoms with E-state index in [0.29, 0.717) is 24.2 Å². The normalized spacial score (nSPS) is 16.8. The predicted molar refractivity (Wildman–Crippen MR) is 110 cm³/mol. The van der Waals surface area contributed by atoms with Crippen molar-refractivity contribution in [1.29, 1.82) is 0 Å². The Morgan fingerprint density at radius 1 is 1.31 bits per heavy atom. The second-order valence-corrected chi connectivity index (χ2v) is 6.16. The van der Waals surface area contributed by atoms with Crippen LogP contribution in [0.2, 0.25) is 0 Å². The lowest BCUT2D eigenvalue weighted by Crippen LogP contribution is -2.44. The van der Waals surface area contributed by atoms with E-state index in [4.69, 9.17) is 8.94 Å². The number of aromatic nitrogens is 2. The lowest BCUT2D eigenvalue weighted by atomic mass is 10.1. The van der Waals surface area contributed by atoms with Gasteiger partial charge in [-0.15, -0.1) is 24.0 Å². The lowest BCUT2D eigenvalue weighted by Gasteiger charge is -2.33. The van der Waals surface area contributed by atoms with Crippen LogP contribution in [0.25, 0.3) is 0 Å². The maximum atomic E-state index is 5.67. The number of furan rings is 1. The highest BCUT2D eigenvalue weighted by Crippen LogP contribution is 2.24. The number of rotatable bonds is 6. The van der Waals surface area contributed by atoms with E-state index in [1.807, 2.05) is 12.1 Å². The Hall–Kier alpha value is -1.62. The Morgan fingerprint density at radius 2 is 2.12 bits per heavy atom. The average molecular weight is 474 g/mol. The summed E-state index contributed by atoms with van der Waals surface area (Å²) in [7, 11) is 1.75. The topological polar surface area (TPSA) is 91.7 Å². The maximum absolute atomic E-state index is 5.67. The molecule has 0 bridgehead atoms. The summed E-state index contributed by atoms with van der Waals surface area (Å²) in [5.41, 5.74) is 0. The number of piperidine rings is 1. The first-order chi connectivity index (χ1) is 12.3. The molecule has 0 saturated carbocycles. The largest absolute Gasteiger partial charge is 0.468 e. The Labute approximate surface area is 170 Å². The van der Waals surface area contributed by atoms with Gasteiger partial charge in [-0.05, 0) is 38.1 Å². The summed E-state index contributed by atoms with van der Waals surface area (Å²) in [6, 6.07) is 4.18. The molecule has 1 atom stereocenters. The molecule has 144 valence electrons. The van der Waals surface area contributed by atoms with E-state index in [2.05, 4.69) is 30.7 Å². The molecule has 2 aromatic heterocycles. The van der Waals surface area contributed by atoms with Gasteiger partial charge in [-0.1, -0.05) is 11.6 Å². The van der Waals surface area contributed by atoms with Crippen molar-refractivity contribution in [3.8, 4) is 0 Å². The summed E-state index contributed by atoms with van der Waals surface area (Å²) in [5, 5.41) is 10.5. The fraction of sp³-hybridized carbons (Fsp3) is 0.588. The molecule has 3 rings (SSSR count). The summed E-state index contributed by atoms with van der Waals surface area (Å²) in [6.07, 6.45) is 5.52.